The number of aromatic nitrogens is 2. The van der Waals surface area contributed by atoms with Crippen molar-refractivity contribution >= 4 is 28.9 Å². The molecule has 3 aromatic rings. The van der Waals surface area contributed by atoms with Gasteiger partial charge in [-0.1, -0.05) is 38.1 Å². The van der Waals surface area contributed by atoms with Crippen LogP contribution in [0.2, 0.25) is 0 Å². The van der Waals surface area contributed by atoms with Gasteiger partial charge in [0.15, 0.2) is 5.76 Å². The fourth-order valence-corrected chi connectivity index (χ4v) is 6.60. The molecule has 1 saturated heterocycles. The highest BCUT2D eigenvalue weighted by atomic mass is 32.1. The van der Waals surface area contributed by atoms with Crippen LogP contribution in [0.1, 0.15) is 81.9 Å². The van der Waals surface area contributed by atoms with Crippen LogP contribution in [0, 0.1) is 12.8 Å². The molecule has 1 aliphatic heterocycles. The van der Waals surface area contributed by atoms with Crippen molar-refractivity contribution in [2.24, 2.45) is 5.92 Å². The minimum absolute atomic E-state index is 0.0605. The SMILES string of the molecule is Cc1ncsc1-c1ccc([C@H](C)NC(=O)[C@@H]2C[C@@H](O)CN2C(=O)[C@H](c2cc(OC3CCC(=O)CC3)no2)C(C)C)cc1. The number of hydrogen-bond acceptors (Lipinski definition) is 9. The number of aliphatic hydroxyl groups excluding tert-OH is 1. The average Bonchev–Trinajstić information content (AvgIpc) is 3.70. The van der Waals surface area contributed by atoms with E-state index in [-0.39, 0.29) is 54.5 Å². The van der Waals surface area contributed by atoms with E-state index >= 15 is 0 Å². The Morgan fingerprint density at radius 3 is 2.52 bits per heavy atom. The van der Waals surface area contributed by atoms with E-state index in [2.05, 4.69) is 15.5 Å². The molecule has 5 rings (SSSR count). The number of nitrogens with one attached hydrogen (secondary N) is 1. The van der Waals surface area contributed by atoms with E-state index in [4.69, 9.17) is 9.26 Å². The predicted molar refractivity (Wildman–Crippen MR) is 157 cm³/mol. The largest absolute Gasteiger partial charge is 0.472 e. The summed E-state index contributed by atoms with van der Waals surface area (Å²) in [6, 6.07) is 8.52. The van der Waals surface area contributed by atoms with Crippen molar-refractivity contribution in [2.75, 3.05) is 6.54 Å². The van der Waals surface area contributed by atoms with Gasteiger partial charge < -0.3 is 24.6 Å². The average molecular weight is 595 g/mol. The van der Waals surface area contributed by atoms with Crippen molar-refractivity contribution in [1.82, 2.24) is 20.4 Å². The van der Waals surface area contributed by atoms with Crippen LogP contribution in [-0.4, -0.2) is 62.5 Å². The summed E-state index contributed by atoms with van der Waals surface area (Å²) in [6.45, 7) is 7.74. The molecule has 2 aromatic heterocycles. The van der Waals surface area contributed by atoms with E-state index in [0.717, 1.165) is 21.7 Å². The normalized spacial score (nSPS) is 21.0. The summed E-state index contributed by atoms with van der Waals surface area (Å²) >= 11 is 1.59. The zero-order valence-electron chi connectivity index (χ0n) is 24.4. The lowest BCUT2D eigenvalue weighted by molar-refractivity contribution is -0.141. The molecule has 1 aliphatic carbocycles. The Bertz CT molecular complexity index is 1410. The lowest BCUT2D eigenvalue weighted by Crippen LogP contribution is -2.48. The lowest BCUT2D eigenvalue weighted by Gasteiger charge is -2.29. The summed E-state index contributed by atoms with van der Waals surface area (Å²) in [5.74, 6) is -0.613. The number of likely N-dealkylation sites (tertiary alicyclic amines) is 1. The Morgan fingerprint density at radius 2 is 1.88 bits per heavy atom. The summed E-state index contributed by atoms with van der Waals surface area (Å²) < 4.78 is 11.5. The Balaban J connectivity index is 1.25. The molecule has 4 atom stereocenters. The summed E-state index contributed by atoms with van der Waals surface area (Å²) in [5, 5.41) is 17.6. The maximum atomic E-state index is 13.9. The first-order valence-corrected chi connectivity index (χ1v) is 15.4. The number of carbonyl (C=O) groups is 3. The molecule has 0 bridgehead atoms. The van der Waals surface area contributed by atoms with Gasteiger partial charge in [0.1, 0.15) is 23.8 Å². The molecule has 224 valence electrons. The molecule has 0 radical (unpaired) electrons. The van der Waals surface area contributed by atoms with E-state index in [1.165, 1.54) is 4.90 Å². The van der Waals surface area contributed by atoms with Crippen molar-refractivity contribution in [3.05, 3.63) is 52.9 Å². The van der Waals surface area contributed by atoms with E-state index in [9.17, 15) is 19.5 Å². The zero-order chi connectivity index (χ0) is 30.0. The molecule has 42 heavy (non-hydrogen) atoms. The second-order valence-electron chi connectivity index (χ2n) is 11.7. The number of thiazole rings is 1. The van der Waals surface area contributed by atoms with Crippen molar-refractivity contribution in [1.29, 1.82) is 0 Å². The van der Waals surface area contributed by atoms with Gasteiger partial charge in [-0.25, -0.2) is 4.98 Å². The van der Waals surface area contributed by atoms with Gasteiger partial charge in [-0.3, -0.25) is 14.4 Å². The van der Waals surface area contributed by atoms with Gasteiger partial charge in [-0.15, -0.1) is 11.3 Å². The van der Waals surface area contributed by atoms with Gasteiger partial charge in [0.25, 0.3) is 5.88 Å². The smallest absolute Gasteiger partial charge is 0.254 e. The second-order valence-corrected chi connectivity index (χ2v) is 12.5. The van der Waals surface area contributed by atoms with Crippen LogP contribution in [0.4, 0.5) is 0 Å². The first-order valence-electron chi connectivity index (χ1n) is 14.5. The number of aryl methyl sites for hydroxylation is 1. The fourth-order valence-electron chi connectivity index (χ4n) is 5.79. The van der Waals surface area contributed by atoms with Crippen LogP contribution >= 0.6 is 11.3 Å². The van der Waals surface area contributed by atoms with Crippen LogP contribution in [-0.2, 0) is 14.4 Å². The minimum atomic E-state index is -0.811. The van der Waals surface area contributed by atoms with Crippen molar-refractivity contribution in [2.45, 2.75) is 90.0 Å². The highest BCUT2D eigenvalue weighted by Gasteiger charge is 2.43. The van der Waals surface area contributed by atoms with Gasteiger partial charge in [0.2, 0.25) is 11.8 Å². The highest BCUT2D eigenvalue weighted by Crippen LogP contribution is 2.34. The number of β-amino-alcohol motifs (C(OH)–C–C–N with tert-alkyl or cyclic N) is 1. The number of benzene rings is 1. The highest BCUT2D eigenvalue weighted by molar-refractivity contribution is 7.13. The number of aliphatic hydroxyl groups is 1. The molecule has 3 heterocycles. The van der Waals surface area contributed by atoms with Crippen molar-refractivity contribution in [3.63, 3.8) is 0 Å². The Morgan fingerprint density at radius 1 is 1.17 bits per heavy atom. The van der Waals surface area contributed by atoms with Crippen molar-refractivity contribution < 1.29 is 28.8 Å². The van der Waals surface area contributed by atoms with Gasteiger partial charge in [-0.05, 0) is 48.9 Å². The van der Waals surface area contributed by atoms with E-state index in [0.29, 0.717) is 31.4 Å². The minimum Gasteiger partial charge on any atom is -0.472 e. The third-order valence-electron chi connectivity index (χ3n) is 8.17. The number of carbonyl (C=O) groups excluding carboxylic acids is 3. The van der Waals surface area contributed by atoms with Gasteiger partial charge in [0.05, 0.1) is 28.2 Å². The summed E-state index contributed by atoms with van der Waals surface area (Å²) in [5.41, 5.74) is 4.81. The number of amides is 2. The molecule has 1 aromatic carbocycles. The summed E-state index contributed by atoms with van der Waals surface area (Å²) in [7, 11) is 0. The summed E-state index contributed by atoms with van der Waals surface area (Å²) in [4.78, 5) is 45.8. The standard InChI is InChI=1S/C31H38N4O6S/c1-17(2)28(26-14-27(34-41-26)40-24-11-9-22(36)10-12-24)31(39)35-15-23(37)13-25(35)30(38)33-18(3)20-5-7-21(8-6-20)29-19(4)32-16-42-29/h5-8,14,16-18,23-25,28,37H,9-13,15H2,1-4H3,(H,33,38)/t18-,23+,25-,28-/m0/s1. The zero-order valence-corrected chi connectivity index (χ0v) is 25.2. The van der Waals surface area contributed by atoms with E-state index in [1.54, 1.807) is 17.4 Å². The van der Waals surface area contributed by atoms with Gasteiger partial charge in [-0.2, -0.15) is 0 Å². The summed E-state index contributed by atoms with van der Waals surface area (Å²) in [6.07, 6.45) is 1.46. The Hall–Kier alpha value is -3.57. The number of ketones is 1. The van der Waals surface area contributed by atoms with E-state index in [1.807, 2.05) is 57.5 Å². The number of rotatable bonds is 9. The van der Waals surface area contributed by atoms with Crippen LogP contribution in [0.25, 0.3) is 10.4 Å². The Kier molecular flexibility index (Phi) is 9.08. The third-order valence-corrected chi connectivity index (χ3v) is 9.14. The van der Waals surface area contributed by atoms with Gasteiger partial charge >= 0.3 is 0 Å². The number of hydrogen-bond donors (Lipinski definition) is 2. The molecule has 2 fully saturated rings. The molecule has 2 N–H and O–H groups in total. The molecular weight excluding hydrogens is 556 g/mol. The van der Waals surface area contributed by atoms with Crippen molar-refractivity contribution in [3.8, 4) is 16.3 Å². The van der Waals surface area contributed by atoms with Gasteiger partial charge in [0, 0.05) is 31.9 Å². The molecule has 0 unspecified atom stereocenters. The number of ether oxygens (including phenoxy) is 1. The molecule has 11 heteroatoms. The fraction of sp³-hybridized carbons (Fsp3) is 0.516. The molecule has 2 aliphatic rings. The van der Waals surface area contributed by atoms with E-state index < -0.39 is 18.1 Å². The third kappa shape index (κ3) is 6.57. The number of Topliss-reactive ketones (excluding diaryl/α,β-unsaturated/α-hetero) is 1. The quantitative estimate of drug-likeness (QED) is 0.368. The van der Waals surface area contributed by atoms with Crippen LogP contribution in [0.15, 0.2) is 40.4 Å². The predicted octanol–water partition coefficient (Wildman–Crippen LogP) is 4.58. The molecule has 0 spiro atoms. The molecular formula is C31H38N4O6S. The second kappa shape index (κ2) is 12.7. The topological polar surface area (TPSA) is 135 Å². The molecule has 10 nitrogen and oxygen atoms in total. The molecule has 1 saturated carbocycles. The molecule has 2 amide bonds. The van der Waals surface area contributed by atoms with Crippen LogP contribution in [0.5, 0.6) is 5.88 Å². The first kappa shape index (κ1) is 29.9. The van der Waals surface area contributed by atoms with Crippen LogP contribution in [0.3, 0.4) is 0 Å². The number of nitrogens with zero attached hydrogens (tertiary/aromatic N) is 3. The van der Waals surface area contributed by atoms with Crippen LogP contribution < -0.4 is 10.1 Å². The lowest BCUT2D eigenvalue weighted by atomic mass is 9.91. The Labute approximate surface area is 249 Å². The monoisotopic (exact) mass is 594 g/mol. The maximum Gasteiger partial charge on any atom is 0.254 e. The first-order chi connectivity index (χ1) is 20.1. The maximum absolute atomic E-state index is 13.9.